The van der Waals surface area contributed by atoms with Gasteiger partial charge in [-0.25, -0.2) is 13.8 Å². The summed E-state index contributed by atoms with van der Waals surface area (Å²) in [5.41, 5.74) is 2.21. The van der Waals surface area contributed by atoms with Crippen molar-refractivity contribution in [3.8, 4) is 11.4 Å². The Morgan fingerprint density at radius 1 is 1.20 bits per heavy atom. The van der Waals surface area contributed by atoms with Crippen LogP contribution in [0.1, 0.15) is 36.6 Å². The molecule has 2 unspecified atom stereocenters. The number of aromatic nitrogens is 2. The van der Waals surface area contributed by atoms with E-state index < -0.39 is 23.5 Å². The number of aliphatic hydroxyl groups is 1. The van der Waals surface area contributed by atoms with Crippen LogP contribution < -0.4 is 4.74 Å². The van der Waals surface area contributed by atoms with Crippen LogP contribution in [0.5, 0.6) is 5.75 Å². The van der Waals surface area contributed by atoms with Crippen molar-refractivity contribution >= 4 is 11.9 Å². The normalized spacial score (nSPS) is 21.5. The highest BCUT2D eigenvalue weighted by Gasteiger charge is 2.53. The van der Waals surface area contributed by atoms with E-state index in [2.05, 4.69) is 10.1 Å². The number of piperidine rings is 1. The molecular weight excluding hydrogens is 454 g/mol. The highest BCUT2D eigenvalue weighted by Crippen LogP contribution is 2.43. The first-order chi connectivity index (χ1) is 16.8. The van der Waals surface area contributed by atoms with Gasteiger partial charge in [0.2, 0.25) is 0 Å². The number of benzene rings is 2. The van der Waals surface area contributed by atoms with E-state index in [0.717, 1.165) is 41.4 Å². The van der Waals surface area contributed by atoms with E-state index in [1.54, 1.807) is 18.3 Å². The van der Waals surface area contributed by atoms with Crippen molar-refractivity contribution < 1.29 is 23.5 Å². The Balaban J connectivity index is 1.51. The topological polar surface area (TPSA) is 72.1 Å². The molecule has 9 heteroatoms. The Hall–Kier alpha value is -3.72. The second kappa shape index (κ2) is 8.81. The number of hydrogen-bond acceptors (Lipinski definition) is 6. The number of methoxy groups -OCH3 is 1. The Morgan fingerprint density at radius 2 is 1.97 bits per heavy atom. The summed E-state index contributed by atoms with van der Waals surface area (Å²) in [5, 5.41) is 15.0. The zero-order valence-electron chi connectivity index (χ0n) is 19.7. The fraction of sp³-hybridized carbons (Fsp3) is 0.308. The molecule has 3 aromatic rings. The van der Waals surface area contributed by atoms with Crippen molar-refractivity contribution in [2.45, 2.75) is 38.5 Å². The monoisotopic (exact) mass is 480 g/mol. The molecule has 2 aromatic carbocycles. The molecule has 2 atom stereocenters. The molecule has 2 aliphatic heterocycles. The second-order valence-electron chi connectivity index (χ2n) is 8.82. The molecule has 0 spiro atoms. The third-order valence-electron chi connectivity index (χ3n) is 6.42. The average Bonchev–Trinajstić information content (AvgIpc) is 3.43. The Bertz CT molecular complexity index is 1310. The molecule has 0 amide bonds. The number of hydrogen-bond donors (Lipinski definition) is 1. The molecule has 35 heavy (non-hydrogen) atoms. The number of imidazole rings is 1. The summed E-state index contributed by atoms with van der Waals surface area (Å²) in [6.07, 6.45) is 6.03. The molecule has 0 saturated carbocycles. The molecule has 3 heterocycles. The Morgan fingerprint density at radius 3 is 2.63 bits per heavy atom. The van der Waals surface area contributed by atoms with Crippen LogP contribution in [0.15, 0.2) is 59.7 Å². The van der Waals surface area contributed by atoms with Gasteiger partial charge in [0.15, 0.2) is 5.84 Å². The van der Waals surface area contributed by atoms with E-state index in [9.17, 15) is 13.9 Å². The van der Waals surface area contributed by atoms with Crippen LogP contribution in [0.25, 0.3) is 11.8 Å². The molecule has 1 saturated heterocycles. The number of oxime groups is 1. The molecule has 1 N–H and O–H groups in total. The third-order valence-corrected chi connectivity index (χ3v) is 6.42. The van der Waals surface area contributed by atoms with Crippen molar-refractivity contribution in [2.75, 3.05) is 13.7 Å². The smallest absolute Gasteiger partial charge is 0.263 e. The fourth-order valence-electron chi connectivity index (χ4n) is 4.81. The van der Waals surface area contributed by atoms with Gasteiger partial charge < -0.3 is 24.1 Å². The van der Waals surface area contributed by atoms with Gasteiger partial charge in [-0.3, -0.25) is 0 Å². The molecule has 182 valence electrons. The number of fused-ring (bicyclic) bond motifs is 1. The molecule has 7 nitrogen and oxygen atoms in total. The summed E-state index contributed by atoms with van der Waals surface area (Å²) in [4.78, 5) is 11.9. The summed E-state index contributed by atoms with van der Waals surface area (Å²) in [5.74, 6) is -0.270. The molecule has 1 aromatic heterocycles. The van der Waals surface area contributed by atoms with Crippen LogP contribution in [0, 0.1) is 18.6 Å². The maximum atomic E-state index is 14.1. The van der Waals surface area contributed by atoms with Crippen molar-refractivity contribution in [3.63, 3.8) is 0 Å². The van der Waals surface area contributed by atoms with Gasteiger partial charge in [-0.05, 0) is 68.2 Å². The Labute approximate surface area is 201 Å². The number of aliphatic hydroxyl groups excluding tert-OH is 1. The maximum Gasteiger partial charge on any atom is 0.263 e. The zero-order valence-corrected chi connectivity index (χ0v) is 19.7. The van der Waals surface area contributed by atoms with Gasteiger partial charge in [-0.15, -0.1) is 0 Å². The molecular formula is C26H26F2N4O3. The minimum Gasteiger partial charge on any atom is -0.495 e. The average molecular weight is 481 g/mol. The van der Waals surface area contributed by atoms with E-state index in [1.807, 2.05) is 42.0 Å². The molecule has 1 fully saturated rings. The van der Waals surface area contributed by atoms with Crippen LogP contribution in [-0.2, 0) is 10.6 Å². The van der Waals surface area contributed by atoms with Crippen LogP contribution in [0.4, 0.5) is 8.78 Å². The maximum absolute atomic E-state index is 14.1. The number of nitrogens with zero attached hydrogens (tertiary/aromatic N) is 4. The van der Waals surface area contributed by atoms with E-state index in [4.69, 9.17) is 9.57 Å². The van der Waals surface area contributed by atoms with Gasteiger partial charge in [0.1, 0.15) is 23.5 Å². The SMILES string of the molecule is COc1cc(/C=C2\CCCN3C2=NOC3(c2cc(F)cc(F)c2)C(C)O)ccc1-n1cnc(C)c1. The summed E-state index contributed by atoms with van der Waals surface area (Å²) in [7, 11) is 1.62. The van der Waals surface area contributed by atoms with Crippen molar-refractivity contribution in [3.05, 3.63) is 83.0 Å². The van der Waals surface area contributed by atoms with E-state index in [0.29, 0.717) is 18.1 Å². The van der Waals surface area contributed by atoms with Crippen LogP contribution in [-0.4, -0.2) is 45.2 Å². The van der Waals surface area contributed by atoms with Crippen molar-refractivity contribution in [1.82, 2.24) is 14.5 Å². The summed E-state index contributed by atoms with van der Waals surface area (Å²) in [6, 6.07) is 8.99. The van der Waals surface area contributed by atoms with E-state index in [1.165, 1.54) is 19.1 Å². The summed E-state index contributed by atoms with van der Waals surface area (Å²) >= 11 is 0. The van der Waals surface area contributed by atoms with Gasteiger partial charge >= 0.3 is 0 Å². The lowest BCUT2D eigenvalue weighted by atomic mass is 9.91. The zero-order chi connectivity index (χ0) is 24.7. The molecule has 5 rings (SSSR count). The number of amidine groups is 1. The summed E-state index contributed by atoms with van der Waals surface area (Å²) < 4.78 is 35.7. The lowest BCUT2D eigenvalue weighted by molar-refractivity contribution is -0.173. The van der Waals surface area contributed by atoms with Gasteiger partial charge in [0, 0.05) is 24.4 Å². The van der Waals surface area contributed by atoms with Crippen molar-refractivity contribution in [2.24, 2.45) is 5.16 Å². The summed E-state index contributed by atoms with van der Waals surface area (Å²) in [6.45, 7) is 3.97. The highest BCUT2D eigenvalue weighted by molar-refractivity contribution is 6.03. The largest absolute Gasteiger partial charge is 0.495 e. The molecule has 0 bridgehead atoms. The van der Waals surface area contributed by atoms with E-state index >= 15 is 0 Å². The fourth-order valence-corrected chi connectivity index (χ4v) is 4.81. The van der Waals surface area contributed by atoms with Crippen LogP contribution in [0.2, 0.25) is 0 Å². The van der Waals surface area contributed by atoms with E-state index in [-0.39, 0.29) is 5.56 Å². The first kappa shape index (κ1) is 23.0. The predicted molar refractivity (Wildman–Crippen MR) is 127 cm³/mol. The first-order valence-electron chi connectivity index (χ1n) is 11.4. The standard InChI is InChI=1S/C26H26F2N4O3/c1-16-14-31(15-29-16)23-7-6-18(10-24(23)34-3)9-19-5-4-8-32-25(19)30-35-26(32,17(2)33)20-11-21(27)13-22(28)12-20/h6-7,9-15,17,33H,4-5,8H2,1-3H3/b19-9+. The second-order valence-corrected chi connectivity index (χ2v) is 8.82. The molecule has 2 aliphatic rings. The highest BCUT2D eigenvalue weighted by atomic mass is 19.1. The first-order valence-corrected chi connectivity index (χ1v) is 11.4. The minimum atomic E-state index is -1.52. The molecule has 0 radical (unpaired) electrons. The lowest BCUT2D eigenvalue weighted by Gasteiger charge is -2.41. The van der Waals surface area contributed by atoms with Crippen LogP contribution >= 0.6 is 0 Å². The van der Waals surface area contributed by atoms with Crippen LogP contribution in [0.3, 0.4) is 0 Å². The molecule has 0 aliphatic carbocycles. The number of ether oxygens (including phenoxy) is 1. The quantitative estimate of drug-likeness (QED) is 0.581. The third kappa shape index (κ3) is 3.95. The lowest BCUT2D eigenvalue weighted by Crippen LogP contribution is -2.54. The van der Waals surface area contributed by atoms with Gasteiger partial charge in [-0.2, -0.15) is 0 Å². The van der Waals surface area contributed by atoms with Crippen molar-refractivity contribution in [1.29, 1.82) is 0 Å². The number of aryl methyl sites for hydroxylation is 1. The number of rotatable bonds is 5. The van der Waals surface area contributed by atoms with Gasteiger partial charge in [-0.1, -0.05) is 11.2 Å². The van der Waals surface area contributed by atoms with Gasteiger partial charge in [0.05, 0.1) is 24.8 Å². The predicted octanol–water partition coefficient (Wildman–Crippen LogP) is 4.52. The van der Waals surface area contributed by atoms with Gasteiger partial charge in [0.25, 0.3) is 5.72 Å². The minimum absolute atomic E-state index is 0.173. The number of halogens is 2. The Kier molecular flexibility index (Phi) is 5.80.